The van der Waals surface area contributed by atoms with Gasteiger partial charge in [-0.25, -0.2) is 4.79 Å². The molecule has 1 aromatic carbocycles. The minimum atomic E-state index is -0.355. The van der Waals surface area contributed by atoms with Crippen LogP contribution >= 0.6 is 11.6 Å². The topological polar surface area (TPSA) is 90.6 Å². The summed E-state index contributed by atoms with van der Waals surface area (Å²) < 4.78 is 10.7. The van der Waals surface area contributed by atoms with E-state index in [1.54, 1.807) is 12.1 Å². The number of hydrogen-bond acceptors (Lipinski definition) is 7. The monoisotopic (exact) mass is 362 g/mol. The molecule has 2 heterocycles. The average Bonchev–Trinajstić information content (AvgIpc) is 2.63. The van der Waals surface area contributed by atoms with Crippen LogP contribution in [0.3, 0.4) is 0 Å². The van der Waals surface area contributed by atoms with Crippen molar-refractivity contribution >= 4 is 29.1 Å². The van der Waals surface area contributed by atoms with Crippen molar-refractivity contribution in [1.82, 2.24) is 10.2 Å². The lowest BCUT2D eigenvalue weighted by Gasteiger charge is -2.35. The molecule has 2 aromatic rings. The molecule has 2 N–H and O–H groups in total. The standard InChI is InChI=1S/C17H19ClN4O3/c1-10-7-11(17(23)24-2)3-4-12(10)14-9-22(5-6-25-14)13-8-15(18)20-21-16(13)19/h3-4,7-8,14H,5-6,9H2,1-2H3,(H2,19,21)/t14-/m0/s1. The first-order valence-electron chi connectivity index (χ1n) is 7.83. The number of esters is 1. The summed E-state index contributed by atoms with van der Waals surface area (Å²) in [6.45, 7) is 3.78. The zero-order valence-corrected chi connectivity index (χ0v) is 14.8. The number of aromatic nitrogens is 2. The number of morpholine rings is 1. The number of methoxy groups -OCH3 is 1. The summed E-state index contributed by atoms with van der Waals surface area (Å²) in [4.78, 5) is 13.7. The molecule has 0 aliphatic carbocycles. The van der Waals surface area contributed by atoms with Crippen molar-refractivity contribution in [1.29, 1.82) is 0 Å². The van der Waals surface area contributed by atoms with Gasteiger partial charge in [0.05, 0.1) is 25.0 Å². The fraction of sp³-hybridized carbons (Fsp3) is 0.353. The second-order valence-electron chi connectivity index (χ2n) is 5.81. The molecular formula is C17H19ClN4O3. The molecule has 25 heavy (non-hydrogen) atoms. The maximum atomic E-state index is 11.7. The van der Waals surface area contributed by atoms with E-state index in [0.29, 0.717) is 36.2 Å². The van der Waals surface area contributed by atoms with Crippen LogP contribution in [0.2, 0.25) is 5.15 Å². The third-order valence-corrected chi connectivity index (χ3v) is 4.40. The number of hydrogen-bond donors (Lipinski definition) is 1. The smallest absolute Gasteiger partial charge is 0.337 e. The Morgan fingerprint density at radius 3 is 2.92 bits per heavy atom. The van der Waals surface area contributed by atoms with Gasteiger partial charge in [-0.3, -0.25) is 0 Å². The van der Waals surface area contributed by atoms with Crippen LogP contribution in [-0.4, -0.2) is 43.0 Å². The molecule has 0 saturated carbocycles. The van der Waals surface area contributed by atoms with Crippen LogP contribution in [0, 0.1) is 6.92 Å². The summed E-state index contributed by atoms with van der Waals surface area (Å²) in [5, 5.41) is 7.92. The number of nitrogens with two attached hydrogens (primary N) is 1. The largest absolute Gasteiger partial charge is 0.465 e. The predicted molar refractivity (Wildman–Crippen MR) is 94.9 cm³/mol. The fourth-order valence-electron chi connectivity index (χ4n) is 2.96. The first kappa shape index (κ1) is 17.4. The van der Waals surface area contributed by atoms with Crippen molar-refractivity contribution in [3.05, 3.63) is 46.1 Å². The van der Waals surface area contributed by atoms with Gasteiger partial charge in [0.2, 0.25) is 0 Å². The Labute approximate surface area is 150 Å². The van der Waals surface area contributed by atoms with Gasteiger partial charge in [-0.2, -0.15) is 0 Å². The van der Waals surface area contributed by atoms with Crippen LogP contribution in [0.4, 0.5) is 11.5 Å². The molecule has 1 aromatic heterocycles. The van der Waals surface area contributed by atoms with E-state index in [2.05, 4.69) is 15.1 Å². The fourth-order valence-corrected chi connectivity index (χ4v) is 3.10. The van der Waals surface area contributed by atoms with E-state index in [1.807, 2.05) is 19.1 Å². The average molecular weight is 363 g/mol. The summed E-state index contributed by atoms with van der Waals surface area (Å²) in [7, 11) is 1.37. The quantitative estimate of drug-likeness (QED) is 0.838. The van der Waals surface area contributed by atoms with Gasteiger partial charge in [0.15, 0.2) is 11.0 Å². The van der Waals surface area contributed by atoms with Crippen LogP contribution < -0.4 is 10.6 Å². The van der Waals surface area contributed by atoms with E-state index in [9.17, 15) is 4.79 Å². The van der Waals surface area contributed by atoms with Crippen molar-refractivity contribution < 1.29 is 14.3 Å². The highest BCUT2D eigenvalue weighted by Crippen LogP contribution is 2.31. The molecule has 1 atom stereocenters. The Hall–Kier alpha value is -2.38. The van der Waals surface area contributed by atoms with E-state index in [0.717, 1.165) is 16.8 Å². The molecule has 0 amide bonds. The number of benzene rings is 1. The summed E-state index contributed by atoms with van der Waals surface area (Å²) >= 11 is 5.94. The molecule has 1 fully saturated rings. The van der Waals surface area contributed by atoms with Crippen molar-refractivity contribution in [3.63, 3.8) is 0 Å². The number of carbonyl (C=O) groups excluding carboxylic acids is 1. The van der Waals surface area contributed by atoms with Crippen LogP contribution in [0.25, 0.3) is 0 Å². The SMILES string of the molecule is COC(=O)c1ccc([C@@H]2CN(c3cc(Cl)nnc3N)CCO2)c(C)c1. The molecule has 0 unspecified atom stereocenters. The molecule has 0 radical (unpaired) electrons. The first-order chi connectivity index (χ1) is 12.0. The van der Waals surface area contributed by atoms with E-state index in [1.165, 1.54) is 7.11 Å². The van der Waals surface area contributed by atoms with Crippen LogP contribution in [0.15, 0.2) is 24.3 Å². The maximum absolute atomic E-state index is 11.7. The molecular weight excluding hydrogens is 344 g/mol. The Kier molecular flexibility index (Phi) is 5.06. The second-order valence-corrected chi connectivity index (χ2v) is 6.19. The van der Waals surface area contributed by atoms with Gasteiger partial charge in [0.25, 0.3) is 0 Å². The molecule has 0 spiro atoms. The zero-order valence-electron chi connectivity index (χ0n) is 14.0. The summed E-state index contributed by atoms with van der Waals surface area (Å²) in [6.07, 6.45) is -0.146. The van der Waals surface area contributed by atoms with E-state index in [-0.39, 0.29) is 12.1 Å². The minimum Gasteiger partial charge on any atom is -0.465 e. The van der Waals surface area contributed by atoms with Crippen molar-refractivity contribution in [3.8, 4) is 0 Å². The number of nitrogens with zero attached hydrogens (tertiary/aromatic N) is 3. The van der Waals surface area contributed by atoms with Crippen molar-refractivity contribution in [2.75, 3.05) is 37.4 Å². The van der Waals surface area contributed by atoms with Gasteiger partial charge in [0, 0.05) is 19.2 Å². The molecule has 8 heteroatoms. The number of anilines is 2. The van der Waals surface area contributed by atoms with Gasteiger partial charge in [0.1, 0.15) is 6.10 Å². The highest BCUT2D eigenvalue weighted by molar-refractivity contribution is 6.29. The Morgan fingerprint density at radius 2 is 2.20 bits per heavy atom. The number of halogens is 1. The second kappa shape index (κ2) is 7.25. The first-order valence-corrected chi connectivity index (χ1v) is 8.21. The third-order valence-electron chi connectivity index (χ3n) is 4.22. The lowest BCUT2D eigenvalue weighted by Crippen LogP contribution is -2.39. The van der Waals surface area contributed by atoms with E-state index >= 15 is 0 Å². The molecule has 1 aliphatic rings. The van der Waals surface area contributed by atoms with Gasteiger partial charge in [-0.15, -0.1) is 10.2 Å². The Balaban J connectivity index is 1.84. The van der Waals surface area contributed by atoms with Crippen molar-refractivity contribution in [2.45, 2.75) is 13.0 Å². The Morgan fingerprint density at radius 1 is 1.40 bits per heavy atom. The minimum absolute atomic E-state index is 0.146. The number of ether oxygens (including phenoxy) is 2. The van der Waals surface area contributed by atoms with Crippen molar-refractivity contribution in [2.24, 2.45) is 0 Å². The maximum Gasteiger partial charge on any atom is 0.337 e. The predicted octanol–water partition coefficient (Wildman–Crippen LogP) is 2.39. The van der Waals surface area contributed by atoms with Gasteiger partial charge in [-0.1, -0.05) is 17.7 Å². The third kappa shape index (κ3) is 3.67. The van der Waals surface area contributed by atoms with Crippen LogP contribution in [0.5, 0.6) is 0 Å². The molecule has 1 saturated heterocycles. The van der Waals surface area contributed by atoms with Gasteiger partial charge >= 0.3 is 5.97 Å². The summed E-state index contributed by atoms with van der Waals surface area (Å²) in [5.41, 5.74) is 9.19. The normalized spacial score (nSPS) is 17.4. The number of carbonyl (C=O) groups is 1. The lowest BCUT2D eigenvalue weighted by molar-refractivity contribution is 0.0393. The van der Waals surface area contributed by atoms with Gasteiger partial charge in [-0.05, 0) is 30.2 Å². The van der Waals surface area contributed by atoms with Gasteiger partial charge < -0.3 is 20.1 Å². The van der Waals surface area contributed by atoms with Crippen LogP contribution in [-0.2, 0) is 9.47 Å². The van der Waals surface area contributed by atoms with E-state index in [4.69, 9.17) is 26.8 Å². The molecule has 1 aliphatic heterocycles. The molecule has 7 nitrogen and oxygen atoms in total. The molecule has 0 bridgehead atoms. The molecule has 132 valence electrons. The number of aryl methyl sites for hydroxylation is 1. The lowest BCUT2D eigenvalue weighted by atomic mass is 9.99. The van der Waals surface area contributed by atoms with E-state index < -0.39 is 0 Å². The highest BCUT2D eigenvalue weighted by Gasteiger charge is 2.25. The summed E-state index contributed by atoms with van der Waals surface area (Å²) in [6, 6.07) is 7.16. The summed E-state index contributed by atoms with van der Waals surface area (Å²) in [5.74, 6) is -0.0195. The number of nitrogen functional groups attached to an aromatic ring is 1. The zero-order chi connectivity index (χ0) is 18.0. The number of rotatable bonds is 3. The van der Waals surface area contributed by atoms with Crippen LogP contribution in [0.1, 0.15) is 27.6 Å². The highest BCUT2D eigenvalue weighted by atomic mass is 35.5. The molecule has 3 rings (SSSR count). The Bertz CT molecular complexity index is 799.